The first-order valence-electron chi connectivity index (χ1n) is 9.80. The highest BCUT2D eigenvalue weighted by atomic mass is 32.2. The number of likely N-dealkylation sites (N-methyl/N-ethyl adjacent to an activating group) is 1. The van der Waals surface area contributed by atoms with Gasteiger partial charge in [0.2, 0.25) is 10.0 Å². The average molecular weight is 452 g/mol. The zero-order valence-electron chi connectivity index (χ0n) is 17.5. The van der Waals surface area contributed by atoms with Crippen LogP contribution in [0.5, 0.6) is 0 Å². The Morgan fingerprint density at radius 2 is 1.62 bits per heavy atom. The average Bonchev–Trinajstić information content (AvgIpc) is 3.13. The molecule has 3 aromatic carbocycles. The number of fused-ring (bicyclic) bond motifs is 2. The van der Waals surface area contributed by atoms with E-state index in [-0.39, 0.29) is 10.7 Å². The highest BCUT2D eigenvalue weighted by molar-refractivity contribution is 7.89. The normalized spacial score (nSPS) is 11.7. The molecule has 0 spiro atoms. The maximum atomic E-state index is 12.9. The summed E-state index contributed by atoms with van der Waals surface area (Å²) in [5, 5.41) is 2.49. The zero-order valence-corrected chi connectivity index (χ0v) is 18.3. The maximum Gasteiger partial charge on any atom is 0.305 e. The Morgan fingerprint density at radius 3 is 2.38 bits per heavy atom. The second kappa shape index (κ2) is 8.45. The van der Waals surface area contributed by atoms with Gasteiger partial charge in [0.05, 0.1) is 11.4 Å². The van der Waals surface area contributed by atoms with Crippen LogP contribution in [0.4, 0.5) is 0 Å². The molecule has 164 valence electrons. The number of para-hydroxylation sites is 1. The number of amides is 2. The van der Waals surface area contributed by atoms with Crippen molar-refractivity contribution in [2.24, 2.45) is 0 Å². The van der Waals surface area contributed by atoms with E-state index in [1.54, 1.807) is 31.2 Å². The summed E-state index contributed by atoms with van der Waals surface area (Å²) in [4.78, 5) is 24.8. The fraction of sp³-hybridized carbons (Fsp3) is 0.130. The number of furan rings is 1. The van der Waals surface area contributed by atoms with Gasteiger partial charge in [-0.25, -0.2) is 8.42 Å². The Bertz CT molecular complexity index is 1440. The Balaban J connectivity index is 1.41. The van der Waals surface area contributed by atoms with E-state index in [4.69, 9.17) is 4.42 Å². The molecular weight excluding hydrogens is 430 g/mol. The van der Waals surface area contributed by atoms with E-state index >= 15 is 0 Å². The topological polar surface area (TPSA) is 109 Å². The molecular formula is C23H21N3O5S. The van der Waals surface area contributed by atoms with Crippen molar-refractivity contribution in [2.75, 3.05) is 13.6 Å². The molecule has 4 aromatic rings. The van der Waals surface area contributed by atoms with Crippen LogP contribution in [0.3, 0.4) is 0 Å². The number of hydrogen-bond donors (Lipinski definition) is 2. The van der Waals surface area contributed by atoms with Crippen LogP contribution in [0.25, 0.3) is 21.7 Å². The molecule has 0 saturated heterocycles. The van der Waals surface area contributed by atoms with Gasteiger partial charge >= 0.3 is 5.91 Å². The quantitative estimate of drug-likeness (QED) is 0.454. The van der Waals surface area contributed by atoms with E-state index in [1.165, 1.54) is 13.1 Å². The van der Waals surface area contributed by atoms with Crippen LogP contribution < -0.4 is 10.9 Å². The van der Waals surface area contributed by atoms with Gasteiger partial charge < -0.3 is 4.42 Å². The number of sulfonamides is 1. The summed E-state index contributed by atoms with van der Waals surface area (Å²) in [5.74, 6) is -1.25. The molecule has 4 rings (SSSR count). The van der Waals surface area contributed by atoms with Gasteiger partial charge in [0.1, 0.15) is 5.58 Å². The molecule has 32 heavy (non-hydrogen) atoms. The number of nitrogens with one attached hydrogen (secondary N) is 2. The fourth-order valence-electron chi connectivity index (χ4n) is 3.41. The number of rotatable bonds is 5. The molecule has 8 nitrogen and oxygen atoms in total. The molecule has 2 N–H and O–H groups in total. The smallest absolute Gasteiger partial charge is 0.305 e. The van der Waals surface area contributed by atoms with Crippen molar-refractivity contribution in [2.45, 2.75) is 11.8 Å². The fourth-order valence-corrected chi connectivity index (χ4v) is 4.57. The molecule has 0 aliphatic heterocycles. The van der Waals surface area contributed by atoms with Crippen molar-refractivity contribution in [3.05, 3.63) is 78.1 Å². The number of hydrazine groups is 1. The standard InChI is InChI=1S/C23H21N3O5S/c1-15-19-9-5-6-10-20(19)31-22(15)23(28)25-24-21(27)14-26(2)32(29,30)18-12-11-16-7-3-4-8-17(16)13-18/h3-13H,14H2,1-2H3,(H,24,27)(H,25,28). The molecule has 0 bridgehead atoms. The summed E-state index contributed by atoms with van der Waals surface area (Å²) in [7, 11) is -2.60. The summed E-state index contributed by atoms with van der Waals surface area (Å²) in [6.45, 7) is 1.26. The molecule has 1 aromatic heterocycles. The second-order valence-electron chi connectivity index (χ2n) is 7.32. The lowest BCUT2D eigenvalue weighted by atomic mass is 10.1. The number of carbonyl (C=O) groups is 2. The molecule has 9 heteroatoms. The zero-order chi connectivity index (χ0) is 22.9. The Hall–Kier alpha value is -3.69. The van der Waals surface area contributed by atoms with Gasteiger partial charge in [-0.15, -0.1) is 0 Å². The third-order valence-electron chi connectivity index (χ3n) is 5.16. The first-order chi connectivity index (χ1) is 15.3. The predicted octanol–water partition coefficient (Wildman–Crippen LogP) is 2.98. The number of aryl methyl sites for hydroxylation is 1. The molecule has 0 atom stereocenters. The number of hydrogen-bond acceptors (Lipinski definition) is 5. The highest BCUT2D eigenvalue weighted by Gasteiger charge is 2.24. The largest absolute Gasteiger partial charge is 0.451 e. The monoisotopic (exact) mass is 451 g/mol. The molecule has 0 radical (unpaired) electrons. The number of nitrogens with zero attached hydrogens (tertiary/aromatic N) is 1. The van der Waals surface area contributed by atoms with Crippen LogP contribution in [0, 0.1) is 6.92 Å². The highest BCUT2D eigenvalue weighted by Crippen LogP contribution is 2.24. The van der Waals surface area contributed by atoms with Crippen LogP contribution in [0.1, 0.15) is 16.1 Å². The van der Waals surface area contributed by atoms with Gasteiger partial charge in [0.25, 0.3) is 5.91 Å². The SMILES string of the molecule is Cc1c(C(=O)NNC(=O)CN(C)S(=O)(=O)c2ccc3ccccc3c2)oc2ccccc12. The van der Waals surface area contributed by atoms with Gasteiger partial charge in [-0.3, -0.25) is 20.4 Å². The van der Waals surface area contributed by atoms with Crippen LogP contribution in [-0.2, 0) is 14.8 Å². The second-order valence-corrected chi connectivity index (χ2v) is 9.37. The van der Waals surface area contributed by atoms with Crippen LogP contribution >= 0.6 is 0 Å². The lowest BCUT2D eigenvalue weighted by Gasteiger charge is -2.17. The summed E-state index contributed by atoms with van der Waals surface area (Å²) in [6, 6.07) is 19.4. The van der Waals surface area contributed by atoms with E-state index < -0.39 is 28.4 Å². The minimum absolute atomic E-state index is 0.0728. The Labute approximate surface area is 184 Å². The van der Waals surface area contributed by atoms with E-state index in [0.717, 1.165) is 20.5 Å². The van der Waals surface area contributed by atoms with E-state index in [0.29, 0.717) is 11.1 Å². The van der Waals surface area contributed by atoms with E-state index in [1.807, 2.05) is 36.4 Å². The summed E-state index contributed by atoms with van der Waals surface area (Å²) >= 11 is 0. The molecule has 0 fully saturated rings. The minimum Gasteiger partial charge on any atom is -0.451 e. The number of benzene rings is 3. The summed E-state index contributed by atoms with van der Waals surface area (Å²) in [5.41, 5.74) is 5.70. The van der Waals surface area contributed by atoms with Crippen LogP contribution in [0.15, 0.2) is 76.0 Å². The van der Waals surface area contributed by atoms with E-state index in [9.17, 15) is 18.0 Å². The van der Waals surface area contributed by atoms with Gasteiger partial charge in [-0.1, -0.05) is 48.5 Å². The lowest BCUT2D eigenvalue weighted by Crippen LogP contribution is -2.46. The Morgan fingerprint density at radius 1 is 0.938 bits per heavy atom. The molecule has 0 aliphatic carbocycles. The molecule has 0 unspecified atom stereocenters. The van der Waals surface area contributed by atoms with Crippen molar-refractivity contribution in [1.82, 2.24) is 15.2 Å². The molecule has 2 amide bonds. The van der Waals surface area contributed by atoms with Crippen molar-refractivity contribution in [1.29, 1.82) is 0 Å². The van der Waals surface area contributed by atoms with Crippen molar-refractivity contribution in [3.63, 3.8) is 0 Å². The lowest BCUT2D eigenvalue weighted by molar-refractivity contribution is -0.121. The predicted molar refractivity (Wildman–Crippen MR) is 120 cm³/mol. The first kappa shape index (κ1) is 21.5. The van der Waals surface area contributed by atoms with Crippen molar-refractivity contribution in [3.8, 4) is 0 Å². The van der Waals surface area contributed by atoms with Crippen molar-refractivity contribution < 1.29 is 22.4 Å². The maximum absolute atomic E-state index is 12.9. The molecule has 0 saturated carbocycles. The van der Waals surface area contributed by atoms with Crippen molar-refractivity contribution >= 4 is 43.6 Å². The molecule has 1 heterocycles. The third kappa shape index (κ3) is 4.08. The van der Waals surface area contributed by atoms with Crippen LogP contribution in [-0.4, -0.2) is 38.1 Å². The number of carbonyl (C=O) groups excluding carboxylic acids is 2. The van der Waals surface area contributed by atoms with Gasteiger partial charge in [0.15, 0.2) is 5.76 Å². The van der Waals surface area contributed by atoms with E-state index in [2.05, 4.69) is 10.9 Å². The minimum atomic E-state index is -3.90. The Kier molecular flexibility index (Phi) is 5.68. The van der Waals surface area contributed by atoms with Crippen LogP contribution in [0.2, 0.25) is 0 Å². The first-order valence-corrected chi connectivity index (χ1v) is 11.2. The van der Waals surface area contributed by atoms with Gasteiger partial charge in [-0.05, 0) is 35.9 Å². The third-order valence-corrected chi connectivity index (χ3v) is 6.96. The summed E-state index contributed by atoms with van der Waals surface area (Å²) < 4.78 is 32.2. The van der Waals surface area contributed by atoms with Gasteiger partial charge in [-0.2, -0.15) is 4.31 Å². The van der Waals surface area contributed by atoms with Gasteiger partial charge in [0, 0.05) is 18.0 Å². The summed E-state index contributed by atoms with van der Waals surface area (Å²) in [6.07, 6.45) is 0. The molecule has 0 aliphatic rings.